The van der Waals surface area contributed by atoms with E-state index in [1.165, 1.54) is 28.9 Å². The second-order valence-corrected chi connectivity index (χ2v) is 11.2. The third-order valence-electron chi connectivity index (χ3n) is 6.36. The first-order chi connectivity index (χ1) is 20.3. The van der Waals surface area contributed by atoms with E-state index >= 15 is 0 Å². The largest absolute Gasteiger partial charge is 0.488 e. The quantitative estimate of drug-likeness (QED) is 0.169. The molecule has 1 amide bonds. The van der Waals surface area contributed by atoms with Gasteiger partial charge < -0.3 is 25.9 Å². The van der Waals surface area contributed by atoms with Crippen LogP contribution in [0.4, 0.5) is 19.0 Å². The first-order valence-corrected chi connectivity index (χ1v) is 14.1. The zero-order chi connectivity index (χ0) is 31.3. The number of carbonyl (C=O) groups is 1. The fourth-order valence-electron chi connectivity index (χ4n) is 3.90. The number of halogens is 3. The van der Waals surface area contributed by atoms with E-state index in [9.17, 15) is 23.1 Å². The van der Waals surface area contributed by atoms with Crippen molar-refractivity contribution in [2.75, 3.05) is 5.73 Å². The Labute approximate surface area is 250 Å². The van der Waals surface area contributed by atoms with Gasteiger partial charge in [-0.05, 0) is 70.2 Å². The number of carbonyl (C=O) groups excluding carboxylic acids is 1. The molecular weight excluding hydrogens is 581 g/mol. The predicted octanol–water partition coefficient (Wildman–Crippen LogP) is 6.32. The lowest BCUT2D eigenvalue weighted by molar-refractivity contribution is -0.141. The van der Waals surface area contributed by atoms with Crippen molar-refractivity contribution < 1.29 is 27.8 Å². The van der Waals surface area contributed by atoms with Crippen LogP contribution in [-0.4, -0.2) is 43.4 Å². The number of aryl methyl sites for hydroxylation is 1. The minimum Gasteiger partial charge on any atom is -0.488 e. The van der Waals surface area contributed by atoms with Gasteiger partial charge in [-0.15, -0.1) is 16.4 Å². The number of nitrogens with two attached hydrogens (primary N) is 1. The van der Waals surface area contributed by atoms with Crippen LogP contribution < -0.4 is 15.8 Å². The highest BCUT2D eigenvalue weighted by molar-refractivity contribution is 7.14. The summed E-state index contributed by atoms with van der Waals surface area (Å²) in [4.78, 5) is 21.3. The van der Waals surface area contributed by atoms with Crippen molar-refractivity contribution >= 4 is 34.0 Å². The van der Waals surface area contributed by atoms with E-state index in [1.807, 2.05) is 37.3 Å². The number of nitrogens with one attached hydrogen (secondary N) is 2. The van der Waals surface area contributed by atoms with Crippen LogP contribution in [0, 0.1) is 6.92 Å². The van der Waals surface area contributed by atoms with Crippen LogP contribution in [0.1, 0.15) is 53.4 Å². The molecule has 0 saturated carbocycles. The minimum atomic E-state index is -4.59. The molecule has 0 radical (unpaired) electrons. The van der Waals surface area contributed by atoms with E-state index in [-0.39, 0.29) is 11.3 Å². The topological polar surface area (TPSA) is 139 Å². The summed E-state index contributed by atoms with van der Waals surface area (Å²) in [5, 5.41) is 21.1. The smallest absolute Gasteiger partial charge is 0.435 e. The van der Waals surface area contributed by atoms with Crippen LogP contribution in [0.15, 0.2) is 66.9 Å². The molecule has 43 heavy (non-hydrogen) atoms. The molecule has 5 aromatic rings. The molecule has 3 heterocycles. The maximum Gasteiger partial charge on any atom is 0.435 e. The molecule has 226 valence electrons. The molecule has 0 saturated heterocycles. The monoisotopic (exact) mass is 612 g/mol. The summed E-state index contributed by atoms with van der Waals surface area (Å²) >= 11 is 1.45. The fourth-order valence-corrected chi connectivity index (χ4v) is 4.65. The zero-order valence-electron chi connectivity index (χ0n) is 23.8. The number of fused-ring (bicyclic) bond motifs is 1. The number of aliphatic hydroxyl groups is 1. The standard InChI is InChI=1S/C22H23F3N4O3S.C8H8N2/c1-11-10-26-21(33-11)16-7-15(8-17(9-16)32-14(4)13(3)30)20(31)27-12(2)18-5-6-19(29-28-18)22(23,24)25;9-8-5-6-3-1-2-4-7(6)10-8/h5-10,12-14,30H,1-4H3,(H,27,31);1-5,10H,9H2/t12-,13?,14?;/m1./s1. The summed E-state index contributed by atoms with van der Waals surface area (Å²) in [5.41, 5.74) is 6.63. The van der Waals surface area contributed by atoms with Gasteiger partial charge in [-0.25, -0.2) is 4.98 Å². The van der Waals surface area contributed by atoms with Gasteiger partial charge in [-0.3, -0.25) is 4.79 Å². The van der Waals surface area contributed by atoms with Gasteiger partial charge in [0.2, 0.25) is 0 Å². The van der Waals surface area contributed by atoms with E-state index < -0.39 is 36.0 Å². The molecule has 5 rings (SSSR count). The summed E-state index contributed by atoms with van der Waals surface area (Å²) in [7, 11) is 0. The Kier molecular flexibility index (Phi) is 9.66. The van der Waals surface area contributed by atoms with E-state index in [4.69, 9.17) is 10.5 Å². The third kappa shape index (κ3) is 8.30. The average Bonchev–Trinajstić information content (AvgIpc) is 3.57. The fraction of sp³-hybridized carbons (Fsp3) is 0.267. The molecule has 0 spiro atoms. The number of nitrogens with zero attached hydrogens (tertiary/aromatic N) is 3. The number of H-pyrrole nitrogens is 1. The van der Waals surface area contributed by atoms with Crippen molar-refractivity contribution in [2.24, 2.45) is 0 Å². The van der Waals surface area contributed by atoms with Crippen molar-refractivity contribution in [2.45, 2.75) is 52.1 Å². The number of benzene rings is 2. The number of aliphatic hydroxyl groups excluding tert-OH is 1. The number of aromatic amines is 1. The molecule has 0 aliphatic heterocycles. The van der Waals surface area contributed by atoms with Crippen molar-refractivity contribution in [1.29, 1.82) is 0 Å². The summed E-state index contributed by atoms with van der Waals surface area (Å²) in [6.07, 6.45) is -4.12. The summed E-state index contributed by atoms with van der Waals surface area (Å²) in [6.45, 7) is 6.81. The van der Waals surface area contributed by atoms with E-state index in [1.54, 1.807) is 39.1 Å². The summed E-state index contributed by atoms with van der Waals surface area (Å²) < 4.78 is 43.9. The molecule has 3 aromatic heterocycles. The second-order valence-electron chi connectivity index (χ2n) is 9.93. The molecule has 3 atom stereocenters. The number of amides is 1. The summed E-state index contributed by atoms with van der Waals surface area (Å²) in [6, 6.07) is 16.2. The van der Waals surface area contributed by atoms with Gasteiger partial charge >= 0.3 is 6.18 Å². The van der Waals surface area contributed by atoms with Gasteiger partial charge in [0.1, 0.15) is 22.7 Å². The lowest BCUT2D eigenvalue weighted by Crippen LogP contribution is -2.28. The first-order valence-electron chi connectivity index (χ1n) is 13.3. The van der Waals surface area contributed by atoms with Crippen LogP contribution in [0.25, 0.3) is 21.5 Å². The minimum absolute atomic E-state index is 0.183. The Morgan fingerprint density at radius 1 is 1.07 bits per heavy atom. The highest BCUT2D eigenvalue weighted by Crippen LogP contribution is 2.31. The Balaban J connectivity index is 0.000000353. The zero-order valence-corrected chi connectivity index (χ0v) is 24.6. The van der Waals surface area contributed by atoms with Gasteiger partial charge in [-0.1, -0.05) is 18.2 Å². The average molecular weight is 613 g/mol. The number of ether oxygens (including phenoxy) is 1. The molecule has 2 aromatic carbocycles. The molecule has 0 bridgehead atoms. The van der Waals surface area contributed by atoms with Crippen LogP contribution in [0.2, 0.25) is 0 Å². The summed E-state index contributed by atoms with van der Waals surface area (Å²) in [5.74, 6) is 0.621. The highest BCUT2D eigenvalue weighted by Gasteiger charge is 2.33. The maximum absolute atomic E-state index is 13.0. The Hall–Kier alpha value is -4.49. The SMILES string of the molecule is Cc1cnc(-c2cc(OC(C)C(C)O)cc(C(=O)N[C@H](C)c3ccc(C(F)(F)F)nn3)c2)s1.Nc1cc2ccccc2[nH]1. The number of rotatable bonds is 7. The van der Waals surface area contributed by atoms with Crippen molar-refractivity contribution in [3.8, 4) is 16.3 Å². The highest BCUT2D eigenvalue weighted by atomic mass is 32.1. The van der Waals surface area contributed by atoms with E-state index in [0.29, 0.717) is 16.3 Å². The van der Waals surface area contributed by atoms with Crippen LogP contribution >= 0.6 is 11.3 Å². The molecule has 0 aliphatic carbocycles. The number of anilines is 1. The van der Waals surface area contributed by atoms with Crippen molar-refractivity contribution in [1.82, 2.24) is 25.5 Å². The Morgan fingerprint density at radius 3 is 2.42 bits per heavy atom. The van der Waals surface area contributed by atoms with Gasteiger partial charge in [0.25, 0.3) is 5.91 Å². The number of nitrogen functional groups attached to an aromatic ring is 1. The number of alkyl halides is 3. The number of thiazole rings is 1. The van der Waals surface area contributed by atoms with Crippen molar-refractivity contribution in [3.63, 3.8) is 0 Å². The van der Waals surface area contributed by atoms with Crippen LogP contribution in [0.3, 0.4) is 0 Å². The van der Waals surface area contributed by atoms with E-state index in [2.05, 4.69) is 25.5 Å². The molecule has 0 aliphatic rings. The van der Waals surface area contributed by atoms with E-state index in [0.717, 1.165) is 22.3 Å². The van der Waals surface area contributed by atoms with Gasteiger partial charge in [-0.2, -0.15) is 18.3 Å². The van der Waals surface area contributed by atoms with Gasteiger partial charge in [0, 0.05) is 33.1 Å². The third-order valence-corrected chi connectivity index (χ3v) is 7.32. The molecule has 0 fully saturated rings. The molecule has 9 nitrogen and oxygen atoms in total. The lowest BCUT2D eigenvalue weighted by atomic mass is 10.1. The maximum atomic E-state index is 13.0. The van der Waals surface area contributed by atoms with Gasteiger partial charge in [0.15, 0.2) is 5.69 Å². The molecule has 2 unspecified atom stereocenters. The lowest BCUT2D eigenvalue weighted by Gasteiger charge is -2.19. The van der Waals surface area contributed by atoms with Crippen LogP contribution in [0.5, 0.6) is 5.75 Å². The number of aromatic nitrogens is 4. The molecular formula is C30H31F3N6O3S. The number of para-hydroxylation sites is 1. The predicted molar refractivity (Wildman–Crippen MR) is 160 cm³/mol. The van der Waals surface area contributed by atoms with Crippen molar-refractivity contribution in [3.05, 3.63) is 88.7 Å². The van der Waals surface area contributed by atoms with Gasteiger partial charge in [0.05, 0.1) is 17.8 Å². The van der Waals surface area contributed by atoms with Crippen LogP contribution in [-0.2, 0) is 6.18 Å². The number of hydrogen-bond acceptors (Lipinski definition) is 8. The normalized spacial score (nSPS) is 13.5. The Bertz CT molecular complexity index is 1650. The number of hydrogen-bond donors (Lipinski definition) is 4. The molecule has 5 N–H and O–H groups in total. The first kappa shape index (κ1) is 31.4. The second kappa shape index (κ2) is 13.2. The Morgan fingerprint density at radius 2 is 1.81 bits per heavy atom. The molecule has 13 heteroatoms.